The molecule has 4 heavy (non-hydrogen) atoms. The van der Waals surface area contributed by atoms with Crippen molar-refractivity contribution in [2.24, 2.45) is 0 Å². The third-order valence-corrected chi connectivity index (χ3v) is 0. The molecule has 0 N–H and O–H groups in total. The van der Waals surface area contributed by atoms with Gasteiger partial charge in [0.15, 0.2) is 0 Å². The van der Waals surface area contributed by atoms with Crippen LogP contribution in [0.15, 0.2) is 0 Å². The molecule has 1 nitrogen and oxygen atoms in total. The van der Waals surface area contributed by atoms with Gasteiger partial charge in [0.05, 0.1) is 0 Å². The zero-order chi connectivity index (χ0) is 2.71. The van der Waals surface area contributed by atoms with E-state index in [1.807, 2.05) is 0 Å². The molecule has 0 radical (unpaired) electrons. The summed E-state index contributed by atoms with van der Waals surface area (Å²) < 4.78 is 0. The van der Waals surface area contributed by atoms with Crippen molar-refractivity contribution in [1.82, 2.24) is 0 Å². The van der Waals surface area contributed by atoms with Gasteiger partial charge in [-0.2, -0.15) is 0 Å². The molecule has 0 saturated heterocycles. The predicted octanol–water partition coefficient (Wildman–Crippen LogP) is -0.279. The van der Waals surface area contributed by atoms with Crippen LogP contribution in [-0.4, -0.2) is 5.18 Å². The van der Waals surface area contributed by atoms with Crippen LogP contribution >= 0.6 is 0 Å². The summed E-state index contributed by atoms with van der Waals surface area (Å²) in [4.78, 5) is 8.69. The van der Waals surface area contributed by atoms with Crippen molar-refractivity contribution in [3.8, 4) is 0 Å². The largest absolute Gasteiger partial charge is 0 e. The van der Waals surface area contributed by atoms with Crippen LogP contribution in [0.3, 0.4) is 0 Å². The standard InChI is InChI=1S/CHO.Cd.Fe/c1-2;;/h1H;;. The Hall–Kier alpha value is 1.11. The first-order chi connectivity index (χ1) is 1.41. The van der Waals surface area contributed by atoms with E-state index in [1.165, 1.54) is 0 Å². The number of hydrogen-bond donors (Lipinski definition) is 0. The molecule has 0 aliphatic rings. The molecule has 21 valence electrons. The molecule has 0 aromatic carbocycles. The summed E-state index contributed by atoms with van der Waals surface area (Å²) in [5.74, 6) is 0. The maximum Gasteiger partial charge on any atom is 0 e. The summed E-state index contributed by atoms with van der Waals surface area (Å²) in [6.45, 7) is 0. The quantitative estimate of drug-likeness (QED) is 0.386. The first-order valence-electron chi connectivity index (χ1n) is 0.440. The summed E-state index contributed by atoms with van der Waals surface area (Å²) in [5, 5.41) is 0.500. The van der Waals surface area contributed by atoms with E-state index in [2.05, 4.69) is 16.0 Å². The Labute approximate surface area is 53.1 Å². The Morgan fingerprint density at radius 2 is 1.75 bits per heavy atom. The van der Waals surface area contributed by atoms with Crippen molar-refractivity contribution in [3.63, 3.8) is 0 Å². The van der Waals surface area contributed by atoms with Crippen molar-refractivity contribution in [1.29, 1.82) is 0 Å². The molecule has 0 unspecified atom stereocenters. The molecule has 0 aliphatic heterocycles. The fourth-order valence-electron chi connectivity index (χ4n) is 0. The van der Waals surface area contributed by atoms with Gasteiger partial charge in [0.2, 0.25) is 0 Å². The first kappa shape index (κ1) is 8.93. The molecule has 0 heterocycles. The number of hydrogen-bond acceptors (Lipinski definition) is 1. The van der Waals surface area contributed by atoms with Crippen molar-refractivity contribution >= 4 is 5.18 Å². The molecular weight excluding hydrogens is 196 g/mol. The van der Waals surface area contributed by atoms with Gasteiger partial charge in [-0.05, 0) is 0 Å². The normalized spacial score (nSPS) is 3.25. The summed E-state index contributed by atoms with van der Waals surface area (Å²) in [6.07, 6.45) is 0. The van der Waals surface area contributed by atoms with E-state index in [0.29, 0.717) is 5.18 Å². The maximum absolute atomic E-state index is 8.69. The topological polar surface area (TPSA) is 17.1 Å². The second-order valence-corrected chi connectivity index (χ2v) is 0.344. The number of carbonyl (C=O) groups is 1. The smallest absolute Gasteiger partial charge is 0 e. The summed E-state index contributed by atoms with van der Waals surface area (Å²) >= 11 is 2.81. The van der Waals surface area contributed by atoms with E-state index in [0.717, 1.165) is 0 Å². The van der Waals surface area contributed by atoms with Crippen molar-refractivity contribution in [2.75, 3.05) is 0 Å². The third kappa shape index (κ3) is 11.2. The van der Waals surface area contributed by atoms with Gasteiger partial charge in [-0.25, -0.2) is 0 Å². The minimum absolute atomic E-state index is 0. The summed E-state index contributed by atoms with van der Waals surface area (Å²) in [5.41, 5.74) is 0. The van der Waals surface area contributed by atoms with E-state index in [1.54, 1.807) is 0 Å². The molecule has 3 heteroatoms. The summed E-state index contributed by atoms with van der Waals surface area (Å²) in [6, 6.07) is 0. The van der Waals surface area contributed by atoms with Gasteiger partial charge >= 0.3 is 26.0 Å². The zero-order valence-electron chi connectivity index (χ0n) is 2.05. The second kappa shape index (κ2) is 8.93. The Morgan fingerprint density at radius 1 is 1.75 bits per heavy atom. The molecule has 0 aromatic heterocycles. The van der Waals surface area contributed by atoms with Crippen LogP contribution in [-0.2, 0) is 48.1 Å². The summed E-state index contributed by atoms with van der Waals surface area (Å²) in [7, 11) is 0. The predicted molar refractivity (Wildman–Crippen MR) is 6.75 cm³/mol. The van der Waals surface area contributed by atoms with E-state index in [4.69, 9.17) is 4.79 Å². The van der Waals surface area contributed by atoms with Crippen molar-refractivity contribution < 1.29 is 48.1 Å². The molecule has 0 rings (SSSR count). The Balaban J connectivity index is 0. The fraction of sp³-hybridized carbons (Fsp3) is 0. The van der Waals surface area contributed by atoms with Gasteiger partial charge in [-0.15, -0.1) is 0 Å². The van der Waals surface area contributed by atoms with Crippen LogP contribution in [0.2, 0.25) is 0 Å². The average Bonchev–Trinajstić information content (AvgIpc) is 0.918. The van der Waals surface area contributed by atoms with Gasteiger partial charge in [0.25, 0.3) is 0 Å². The van der Waals surface area contributed by atoms with Crippen LogP contribution in [0, 0.1) is 0 Å². The van der Waals surface area contributed by atoms with Gasteiger partial charge < -0.3 is 0 Å². The number of rotatable bonds is 0. The molecule has 0 spiro atoms. The molecule has 0 bridgehead atoms. The van der Waals surface area contributed by atoms with Crippen LogP contribution in [0.4, 0.5) is 0 Å². The van der Waals surface area contributed by atoms with E-state index < -0.39 is 0 Å². The van der Waals surface area contributed by atoms with Crippen LogP contribution in [0.1, 0.15) is 0 Å². The SMILES string of the molecule is O=[CH][Fe].[Cd]. The van der Waals surface area contributed by atoms with Gasteiger partial charge in [0, 0.05) is 27.3 Å². The second-order valence-electron chi connectivity index (χ2n) is 0.0833. The molecule has 0 aromatic rings. The van der Waals surface area contributed by atoms with E-state index >= 15 is 0 Å². The maximum atomic E-state index is 8.69. The van der Waals surface area contributed by atoms with Crippen molar-refractivity contribution in [3.05, 3.63) is 0 Å². The Morgan fingerprint density at radius 3 is 1.75 bits per heavy atom. The van der Waals surface area contributed by atoms with Gasteiger partial charge in [0.1, 0.15) is 0 Å². The van der Waals surface area contributed by atoms with Crippen LogP contribution in [0.5, 0.6) is 0 Å². The van der Waals surface area contributed by atoms with Crippen LogP contribution in [0.25, 0.3) is 0 Å². The van der Waals surface area contributed by atoms with E-state index in [9.17, 15) is 0 Å². The number of carbonyl (C=O) groups excluding carboxylic acids is 1. The minimum atomic E-state index is 0. The van der Waals surface area contributed by atoms with Gasteiger partial charge in [-0.3, -0.25) is 0 Å². The molecule has 0 saturated carbocycles. The monoisotopic (exact) mass is 199 g/mol. The van der Waals surface area contributed by atoms with Gasteiger partial charge in [-0.1, -0.05) is 0 Å². The Kier molecular flexibility index (Phi) is 19.9. The zero-order valence-corrected chi connectivity index (χ0v) is 7.19. The molecular formula is CHCdFeO. The van der Waals surface area contributed by atoms with E-state index in [-0.39, 0.29) is 27.3 Å². The minimum Gasteiger partial charge on any atom is 0 e. The molecule has 0 fully saturated rings. The van der Waals surface area contributed by atoms with Crippen LogP contribution < -0.4 is 0 Å². The third-order valence-electron chi connectivity index (χ3n) is 0. The first-order valence-corrected chi connectivity index (χ1v) is 1.08. The molecule has 0 atom stereocenters. The Bertz CT molecular complexity index is 15.5. The fourth-order valence-corrected chi connectivity index (χ4v) is 0. The average molecular weight is 197 g/mol. The molecule has 0 aliphatic carbocycles. The molecule has 0 amide bonds. The van der Waals surface area contributed by atoms with Crippen molar-refractivity contribution in [2.45, 2.75) is 0 Å².